The second kappa shape index (κ2) is 11.3. The summed E-state index contributed by atoms with van der Waals surface area (Å²) in [6.45, 7) is -0.361. The average molecular weight is 720 g/mol. The number of fused-ring (bicyclic) bond motifs is 2. The highest BCUT2D eigenvalue weighted by Gasteiger charge is 2.56. The predicted molar refractivity (Wildman–Crippen MR) is 168 cm³/mol. The lowest BCUT2D eigenvalue weighted by Crippen LogP contribution is -2.33. The maximum atomic E-state index is 13.9. The van der Waals surface area contributed by atoms with Gasteiger partial charge < -0.3 is 5.32 Å². The fraction of sp³-hybridized carbons (Fsp3) is 0.143. The lowest BCUT2D eigenvalue weighted by molar-refractivity contribution is -0.122. The van der Waals surface area contributed by atoms with Gasteiger partial charge in [0.05, 0.1) is 21.5 Å². The van der Waals surface area contributed by atoms with Gasteiger partial charge in [0.1, 0.15) is 11.8 Å². The highest BCUT2D eigenvalue weighted by Crippen LogP contribution is 2.54. The van der Waals surface area contributed by atoms with Crippen LogP contribution in [0.2, 0.25) is 5.02 Å². The molecule has 220 valence electrons. The molecule has 10 nitrogen and oxygen atoms in total. The van der Waals surface area contributed by atoms with E-state index in [2.05, 4.69) is 21.2 Å². The van der Waals surface area contributed by atoms with E-state index in [1.807, 2.05) is 24.3 Å². The summed E-state index contributed by atoms with van der Waals surface area (Å²) in [5, 5.41) is 7.86. The average Bonchev–Trinajstić information content (AvgIpc) is 3.39. The molecule has 0 radical (unpaired) electrons. The number of rotatable bonds is 6. The number of thioether (sulfide) groups is 1. The van der Waals surface area contributed by atoms with Gasteiger partial charge in [-0.2, -0.15) is 0 Å². The number of nitrogens with two attached hydrogens (primary N) is 1. The van der Waals surface area contributed by atoms with E-state index in [0.29, 0.717) is 26.3 Å². The predicted octanol–water partition coefficient (Wildman–Crippen LogP) is 4.41. The summed E-state index contributed by atoms with van der Waals surface area (Å²) in [7, 11) is -3.90. The standard InChI is InChI=1S/C28H20BrClN4O6S3/c29-15-3-1-2-14(12-15)21-22-23(26(37)34(25(22)36)18-8-4-16(30)5-9-18)41-27-24(21)42-28(38)33(27)13-20(35)32-17-6-10-19(11-7-17)43(31,39)40/h1-12,21-23H,13H2,(H,32,35)(H2,31,39,40)/t21-,22?,23?/m1/s1. The number of nitrogens with one attached hydrogen (secondary N) is 1. The molecule has 2 aliphatic heterocycles. The SMILES string of the molecule is NS(=O)(=O)c1ccc(NC(=O)Cn2c3c(sc2=O)[C@H](c2cccc(Br)c2)C2C(=O)N(c4ccc(Cl)cc4)C(=O)C2S3)cc1. The number of sulfonamides is 1. The van der Waals surface area contributed by atoms with Crippen LogP contribution in [0.5, 0.6) is 0 Å². The van der Waals surface area contributed by atoms with Gasteiger partial charge in [-0.3, -0.25) is 23.7 Å². The molecule has 15 heteroatoms. The van der Waals surface area contributed by atoms with E-state index in [1.54, 1.807) is 24.3 Å². The molecule has 3 amide bonds. The fourth-order valence-electron chi connectivity index (χ4n) is 5.23. The molecule has 3 N–H and O–H groups in total. The topological polar surface area (TPSA) is 149 Å². The van der Waals surface area contributed by atoms with E-state index in [4.69, 9.17) is 16.7 Å². The summed E-state index contributed by atoms with van der Waals surface area (Å²) in [5.41, 5.74) is 1.46. The zero-order valence-electron chi connectivity index (χ0n) is 21.8. The van der Waals surface area contributed by atoms with Gasteiger partial charge in [0.2, 0.25) is 27.7 Å². The molecule has 3 heterocycles. The molecule has 4 aromatic rings. The Morgan fingerprint density at radius 2 is 1.70 bits per heavy atom. The number of hydrogen-bond donors (Lipinski definition) is 2. The molecule has 43 heavy (non-hydrogen) atoms. The minimum absolute atomic E-state index is 0.110. The number of hydrogen-bond acceptors (Lipinski definition) is 8. The third-order valence-corrected chi connectivity index (χ3v) is 11.4. The molecule has 2 aliphatic rings. The summed E-state index contributed by atoms with van der Waals surface area (Å²) in [6, 6.07) is 19.1. The van der Waals surface area contributed by atoms with Crippen LogP contribution >= 0.6 is 50.6 Å². The third kappa shape index (κ3) is 5.58. The minimum Gasteiger partial charge on any atom is -0.325 e. The Labute approximate surface area is 267 Å². The lowest BCUT2D eigenvalue weighted by atomic mass is 9.83. The second-order valence-electron chi connectivity index (χ2n) is 9.83. The van der Waals surface area contributed by atoms with Crippen molar-refractivity contribution in [1.82, 2.24) is 4.57 Å². The zero-order chi connectivity index (χ0) is 30.6. The normalized spacial score (nSPS) is 19.7. The van der Waals surface area contributed by atoms with Crippen molar-refractivity contribution in [2.45, 2.75) is 27.6 Å². The van der Waals surface area contributed by atoms with Crippen molar-refractivity contribution in [3.63, 3.8) is 0 Å². The van der Waals surface area contributed by atoms with Crippen molar-refractivity contribution in [3.8, 4) is 0 Å². The first kappa shape index (κ1) is 29.8. The molecule has 0 spiro atoms. The van der Waals surface area contributed by atoms with Crippen LogP contribution in [-0.4, -0.2) is 36.0 Å². The quantitative estimate of drug-likeness (QED) is 0.281. The van der Waals surface area contributed by atoms with Crippen LogP contribution in [0.1, 0.15) is 16.4 Å². The van der Waals surface area contributed by atoms with Gasteiger partial charge in [0, 0.05) is 26.0 Å². The molecule has 0 saturated carbocycles. The van der Waals surface area contributed by atoms with Crippen LogP contribution in [0, 0.1) is 5.92 Å². The Morgan fingerprint density at radius 1 is 1.00 bits per heavy atom. The Bertz CT molecular complexity index is 1960. The number of aromatic nitrogens is 1. The number of thiazole rings is 1. The van der Waals surface area contributed by atoms with Crippen LogP contribution in [0.4, 0.5) is 11.4 Å². The van der Waals surface area contributed by atoms with Crippen molar-refractivity contribution >= 4 is 89.7 Å². The highest BCUT2D eigenvalue weighted by atomic mass is 79.9. The summed E-state index contributed by atoms with van der Waals surface area (Å²) in [4.78, 5) is 55.3. The molecule has 0 bridgehead atoms. The van der Waals surface area contributed by atoms with E-state index < -0.39 is 43.8 Å². The van der Waals surface area contributed by atoms with E-state index in [1.165, 1.54) is 33.7 Å². The Balaban J connectivity index is 1.37. The molecule has 2 unspecified atom stereocenters. The third-order valence-electron chi connectivity index (χ3n) is 7.11. The first-order chi connectivity index (χ1) is 20.4. The van der Waals surface area contributed by atoms with Gasteiger partial charge in [-0.15, -0.1) is 0 Å². The molecule has 0 aliphatic carbocycles. The smallest absolute Gasteiger partial charge is 0.308 e. The first-order valence-electron chi connectivity index (χ1n) is 12.6. The van der Waals surface area contributed by atoms with Gasteiger partial charge in [-0.1, -0.05) is 62.8 Å². The van der Waals surface area contributed by atoms with E-state index in [-0.39, 0.29) is 17.3 Å². The molecule has 1 saturated heterocycles. The summed E-state index contributed by atoms with van der Waals surface area (Å²) < 4.78 is 25.1. The summed E-state index contributed by atoms with van der Waals surface area (Å²) in [5.74, 6) is -2.73. The fourth-order valence-corrected chi connectivity index (χ4v) is 9.06. The number of benzene rings is 3. The Kier molecular flexibility index (Phi) is 7.85. The number of nitrogens with zero attached hydrogens (tertiary/aromatic N) is 2. The van der Waals surface area contributed by atoms with Crippen molar-refractivity contribution in [2.24, 2.45) is 11.1 Å². The van der Waals surface area contributed by atoms with Gasteiger partial charge in [0.15, 0.2) is 0 Å². The molecule has 3 atom stereocenters. The maximum absolute atomic E-state index is 13.9. The van der Waals surface area contributed by atoms with Crippen molar-refractivity contribution in [2.75, 3.05) is 10.2 Å². The molecular formula is C28H20BrClN4O6S3. The van der Waals surface area contributed by atoms with Gasteiger partial charge in [-0.05, 0) is 66.2 Å². The Morgan fingerprint density at radius 3 is 2.35 bits per heavy atom. The summed E-state index contributed by atoms with van der Waals surface area (Å²) in [6.07, 6.45) is 0. The summed E-state index contributed by atoms with van der Waals surface area (Å²) >= 11 is 11.6. The maximum Gasteiger partial charge on any atom is 0.308 e. The van der Waals surface area contributed by atoms with Crippen LogP contribution in [0.25, 0.3) is 0 Å². The van der Waals surface area contributed by atoms with Gasteiger partial charge >= 0.3 is 4.87 Å². The van der Waals surface area contributed by atoms with Crippen molar-refractivity contribution in [3.05, 3.63) is 102 Å². The molecule has 3 aromatic carbocycles. The number of halogens is 2. The number of imide groups is 1. The molecule has 1 fully saturated rings. The van der Waals surface area contributed by atoms with Crippen molar-refractivity contribution in [1.29, 1.82) is 0 Å². The number of carbonyl (C=O) groups is 3. The second-order valence-corrected chi connectivity index (χ2v) is 14.9. The zero-order valence-corrected chi connectivity index (χ0v) is 26.6. The largest absolute Gasteiger partial charge is 0.325 e. The van der Waals surface area contributed by atoms with E-state index >= 15 is 0 Å². The van der Waals surface area contributed by atoms with Crippen molar-refractivity contribution < 1.29 is 22.8 Å². The van der Waals surface area contributed by atoms with E-state index in [0.717, 1.165) is 33.1 Å². The number of carbonyl (C=O) groups excluding carboxylic acids is 3. The van der Waals surface area contributed by atoms with Crippen LogP contribution in [0.3, 0.4) is 0 Å². The molecule has 6 rings (SSSR count). The van der Waals surface area contributed by atoms with E-state index in [9.17, 15) is 27.6 Å². The van der Waals surface area contributed by atoms with Gasteiger partial charge in [0.25, 0.3) is 0 Å². The van der Waals surface area contributed by atoms with Gasteiger partial charge in [-0.25, -0.2) is 18.5 Å². The number of amides is 3. The van der Waals surface area contributed by atoms with Crippen LogP contribution < -0.4 is 20.2 Å². The van der Waals surface area contributed by atoms with Crippen LogP contribution in [0.15, 0.2) is 92.0 Å². The lowest BCUT2D eigenvalue weighted by Gasteiger charge is -2.30. The first-order valence-corrected chi connectivity index (χ1v) is 17.1. The molecular weight excluding hydrogens is 700 g/mol. The highest BCUT2D eigenvalue weighted by molar-refractivity contribution is 9.10. The monoisotopic (exact) mass is 718 g/mol. The number of primary sulfonamides is 1. The Hall–Kier alpha value is -3.27. The minimum atomic E-state index is -3.90. The molecule has 1 aromatic heterocycles. The van der Waals surface area contributed by atoms with Crippen LogP contribution in [-0.2, 0) is 31.0 Å². The number of anilines is 2.